The van der Waals surface area contributed by atoms with Crippen molar-refractivity contribution in [2.45, 2.75) is 64.7 Å². The summed E-state index contributed by atoms with van der Waals surface area (Å²) < 4.78 is 0. The summed E-state index contributed by atoms with van der Waals surface area (Å²) in [6.45, 7) is 11.5. The molecule has 2 aromatic heterocycles. The van der Waals surface area contributed by atoms with E-state index in [4.69, 9.17) is 9.97 Å². The minimum absolute atomic E-state index is 0.125. The second kappa shape index (κ2) is 5.76. The zero-order chi connectivity index (χ0) is 19.7. The number of nitrogens with zero attached hydrogens (tertiary/aromatic N) is 2. The zero-order valence-corrected chi connectivity index (χ0v) is 17.6. The van der Waals surface area contributed by atoms with Crippen LogP contribution in [0.4, 0.5) is 0 Å². The summed E-state index contributed by atoms with van der Waals surface area (Å²) in [5.41, 5.74) is 11.6. The molecule has 142 valence electrons. The molecule has 28 heavy (non-hydrogen) atoms. The summed E-state index contributed by atoms with van der Waals surface area (Å²) in [7, 11) is 0. The van der Waals surface area contributed by atoms with E-state index in [9.17, 15) is 0 Å². The molecule has 5 rings (SSSR count). The van der Waals surface area contributed by atoms with Crippen molar-refractivity contribution in [1.29, 1.82) is 0 Å². The Labute approximate surface area is 168 Å². The molecule has 0 bridgehead atoms. The van der Waals surface area contributed by atoms with Gasteiger partial charge >= 0.3 is 0 Å². The fourth-order valence-corrected chi connectivity index (χ4v) is 4.98. The van der Waals surface area contributed by atoms with E-state index in [0.717, 1.165) is 17.8 Å². The third kappa shape index (κ3) is 2.54. The molecule has 0 spiro atoms. The van der Waals surface area contributed by atoms with E-state index in [1.165, 1.54) is 52.0 Å². The quantitative estimate of drug-likeness (QED) is 0.390. The molecule has 0 fully saturated rings. The molecule has 2 aliphatic rings. The van der Waals surface area contributed by atoms with Crippen molar-refractivity contribution in [3.8, 4) is 22.4 Å². The van der Waals surface area contributed by atoms with E-state index in [2.05, 4.69) is 77.1 Å². The first-order valence-electron chi connectivity index (χ1n) is 10.4. The Morgan fingerprint density at radius 2 is 1.50 bits per heavy atom. The molecule has 0 N–H and O–H groups in total. The number of rotatable bonds is 1. The highest BCUT2D eigenvalue weighted by Gasteiger charge is 2.38. The lowest BCUT2D eigenvalue weighted by atomic mass is 9.65. The van der Waals surface area contributed by atoms with Crippen molar-refractivity contribution in [1.82, 2.24) is 9.97 Å². The average molecular weight is 369 g/mol. The van der Waals surface area contributed by atoms with Crippen molar-refractivity contribution >= 4 is 0 Å². The number of fused-ring (bicyclic) bond motifs is 4. The SMILES string of the molecule is Cc1ccc2c(n1)Cc1c(-c3ccc4c(n3)C(C)(C)CCC4(C)C)cccc1-2. The largest absolute Gasteiger partial charge is 0.257 e. The Kier molecular flexibility index (Phi) is 3.62. The minimum atomic E-state index is 0.125. The van der Waals surface area contributed by atoms with Crippen LogP contribution < -0.4 is 0 Å². The first kappa shape index (κ1) is 17.6. The van der Waals surface area contributed by atoms with Gasteiger partial charge in [-0.25, -0.2) is 0 Å². The third-order valence-electron chi connectivity index (χ3n) is 6.84. The molecule has 3 aromatic rings. The Morgan fingerprint density at radius 3 is 2.32 bits per heavy atom. The summed E-state index contributed by atoms with van der Waals surface area (Å²) in [4.78, 5) is 10.1. The summed E-state index contributed by atoms with van der Waals surface area (Å²) >= 11 is 0. The maximum atomic E-state index is 5.27. The molecule has 2 heteroatoms. The van der Waals surface area contributed by atoms with E-state index >= 15 is 0 Å². The molecule has 2 aliphatic carbocycles. The smallest absolute Gasteiger partial charge is 0.0708 e. The van der Waals surface area contributed by atoms with Crippen LogP contribution in [0.15, 0.2) is 42.5 Å². The standard InChI is InChI=1S/C26H28N2/c1-16-9-10-19-17-7-6-8-18(20(17)15-23(19)27-16)22-12-11-21-24(28-22)26(4,5)14-13-25(21,2)3/h6-12H,13-15H2,1-5H3. The first-order valence-corrected chi connectivity index (χ1v) is 10.4. The van der Waals surface area contributed by atoms with E-state index in [1.807, 2.05) is 0 Å². The van der Waals surface area contributed by atoms with Gasteiger partial charge in [0.25, 0.3) is 0 Å². The number of hydrogen-bond donors (Lipinski definition) is 0. The number of pyridine rings is 2. The van der Waals surface area contributed by atoms with Gasteiger partial charge < -0.3 is 0 Å². The number of aryl methyl sites for hydroxylation is 1. The molecule has 0 aliphatic heterocycles. The van der Waals surface area contributed by atoms with Gasteiger partial charge in [-0.1, -0.05) is 58.0 Å². The van der Waals surface area contributed by atoms with Crippen LogP contribution in [0.3, 0.4) is 0 Å². The van der Waals surface area contributed by atoms with Crippen LogP contribution >= 0.6 is 0 Å². The molecule has 0 unspecified atom stereocenters. The Hall–Kier alpha value is -2.48. The van der Waals surface area contributed by atoms with Crippen LogP contribution in [0.25, 0.3) is 22.4 Å². The van der Waals surface area contributed by atoms with Crippen molar-refractivity contribution in [2.24, 2.45) is 0 Å². The molecule has 0 amide bonds. The monoisotopic (exact) mass is 368 g/mol. The van der Waals surface area contributed by atoms with Gasteiger partial charge in [0.15, 0.2) is 0 Å². The van der Waals surface area contributed by atoms with Crippen molar-refractivity contribution in [2.75, 3.05) is 0 Å². The van der Waals surface area contributed by atoms with Gasteiger partial charge in [0.05, 0.1) is 17.1 Å². The maximum absolute atomic E-state index is 5.27. The van der Waals surface area contributed by atoms with E-state index in [0.29, 0.717) is 0 Å². The summed E-state index contributed by atoms with van der Waals surface area (Å²) in [6.07, 6.45) is 3.30. The van der Waals surface area contributed by atoms with Gasteiger partial charge in [0.1, 0.15) is 0 Å². The lowest BCUT2D eigenvalue weighted by molar-refractivity contribution is 0.323. The highest BCUT2D eigenvalue weighted by Crippen LogP contribution is 2.46. The molecule has 2 heterocycles. The molecule has 0 atom stereocenters. The van der Waals surface area contributed by atoms with Crippen LogP contribution in [-0.4, -0.2) is 9.97 Å². The third-order valence-corrected chi connectivity index (χ3v) is 6.84. The Morgan fingerprint density at radius 1 is 0.750 bits per heavy atom. The van der Waals surface area contributed by atoms with E-state index < -0.39 is 0 Å². The van der Waals surface area contributed by atoms with Gasteiger partial charge in [-0.15, -0.1) is 0 Å². The number of aromatic nitrogens is 2. The van der Waals surface area contributed by atoms with Gasteiger partial charge in [-0.3, -0.25) is 9.97 Å². The number of benzene rings is 1. The summed E-state index contributed by atoms with van der Waals surface area (Å²) in [6, 6.07) is 15.5. The van der Waals surface area contributed by atoms with Crippen LogP contribution in [0.2, 0.25) is 0 Å². The summed E-state index contributed by atoms with van der Waals surface area (Å²) in [5, 5.41) is 0. The van der Waals surface area contributed by atoms with Crippen molar-refractivity contribution in [3.05, 3.63) is 70.7 Å². The molecule has 0 saturated carbocycles. The zero-order valence-electron chi connectivity index (χ0n) is 17.6. The van der Waals surface area contributed by atoms with E-state index in [-0.39, 0.29) is 10.8 Å². The molecule has 0 saturated heterocycles. The highest BCUT2D eigenvalue weighted by atomic mass is 14.8. The van der Waals surface area contributed by atoms with Crippen LogP contribution in [-0.2, 0) is 17.3 Å². The van der Waals surface area contributed by atoms with Crippen molar-refractivity contribution in [3.63, 3.8) is 0 Å². The van der Waals surface area contributed by atoms with Gasteiger partial charge in [0.2, 0.25) is 0 Å². The summed E-state index contributed by atoms with van der Waals surface area (Å²) in [5.74, 6) is 0. The van der Waals surface area contributed by atoms with Crippen molar-refractivity contribution < 1.29 is 0 Å². The average Bonchev–Trinajstić information content (AvgIpc) is 3.03. The second-order valence-electron chi connectivity index (χ2n) is 9.82. The van der Waals surface area contributed by atoms with Gasteiger partial charge in [0, 0.05) is 28.7 Å². The normalized spacial score (nSPS) is 18.3. The fraction of sp³-hybridized carbons (Fsp3) is 0.385. The lowest BCUT2D eigenvalue weighted by Crippen LogP contribution is -2.35. The predicted octanol–water partition coefficient (Wildman–Crippen LogP) is 6.37. The molecule has 2 nitrogen and oxygen atoms in total. The number of hydrogen-bond acceptors (Lipinski definition) is 2. The van der Waals surface area contributed by atoms with Crippen LogP contribution in [0, 0.1) is 6.92 Å². The second-order valence-corrected chi connectivity index (χ2v) is 9.82. The molecule has 1 aromatic carbocycles. The minimum Gasteiger partial charge on any atom is -0.257 e. The maximum Gasteiger partial charge on any atom is 0.0708 e. The predicted molar refractivity (Wildman–Crippen MR) is 116 cm³/mol. The Bertz CT molecular complexity index is 1110. The fourth-order valence-electron chi connectivity index (χ4n) is 4.98. The molecular formula is C26H28N2. The van der Waals surface area contributed by atoms with Crippen LogP contribution in [0.1, 0.15) is 68.7 Å². The molecule has 0 radical (unpaired) electrons. The molecular weight excluding hydrogens is 340 g/mol. The Balaban J connectivity index is 1.67. The van der Waals surface area contributed by atoms with Gasteiger partial charge in [-0.2, -0.15) is 0 Å². The highest BCUT2D eigenvalue weighted by molar-refractivity contribution is 5.83. The van der Waals surface area contributed by atoms with E-state index in [1.54, 1.807) is 0 Å². The van der Waals surface area contributed by atoms with Gasteiger partial charge in [-0.05, 0) is 54.0 Å². The topological polar surface area (TPSA) is 25.8 Å². The van der Waals surface area contributed by atoms with Crippen LogP contribution in [0.5, 0.6) is 0 Å². The first-order chi connectivity index (χ1) is 13.3. The lowest BCUT2D eigenvalue weighted by Gasteiger charge is -2.40.